The van der Waals surface area contributed by atoms with Crippen LogP contribution in [0, 0.1) is 0 Å². The Morgan fingerprint density at radius 2 is 1.76 bits per heavy atom. The first kappa shape index (κ1) is 25.2. The van der Waals surface area contributed by atoms with Crippen molar-refractivity contribution < 1.29 is 33.3 Å². The second-order valence-electron chi connectivity index (χ2n) is 8.50. The van der Waals surface area contributed by atoms with E-state index in [1.807, 2.05) is 6.92 Å². The van der Waals surface area contributed by atoms with Crippen LogP contribution in [0.5, 0.6) is 17.2 Å². The van der Waals surface area contributed by atoms with Crippen LogP contribution in [0.25, 0.3) is 11.0 Å². The number of amides is 1. The van der Waals surface area contributed by atoms with E-state index in [0.29, 0.717) is 51.1 Å². The van der Waals surface area contributed by atoms with Crippen molar-refractivity contribution in [2.75, 3.05) is 25.7 Å². The van der Waals surface area contributed by atoms with Crippen molar-refractivity contribution in [1.29, 1.82) is 0 Å². The van der Waals surface area contributed by atoms with Gasteiger partial charge in [-0.1, -0.05) is 17.7 Å². The second-order valence-corrected chi connectivity index (χ2v) is 8.94. The third kappa shape index (κ3) is 4.33. The minimum absolute atomic E-state index is 0.0308. The lowest BCUT2D eigenvalue weighted by molar-refractivity contribution is -0.117. The zero-order chi connectivity index (χ0) is 27.0. The van der Waals surface area contributed by atoms with Crippen molar-refractivity contribution in [3.63, 3.8) is 0 Å². The summed E-state index contributed by atoms with van der Waals surface area (Å²) in [5.41, 5.74) is 1.32. The summed E-state index contributed by atoms with van der Waals surface area (Å²) in [6.07, 6.45) is 0. The molecule has 3 aromatic carbocycles. The number of nitrogens with zero attached hydrogens (tertiary/aromatic N) is 1. The van der Waals surface area contributed by atoms with Crippen LogP contribution in [0.3, 0.4) is 0 Å². The standard InChI is InChI=1S/C29H24ClNO7/c1-4-37-23-14-16(5-11-22(23)36-3)26-25(27(32)24-15-17-13-18(30)6-12-21(17)38-24)28(33)29(34)31(26)19-7-9-20(35-2)10-8-19/h5-15,26,33H,4H2,1-3H3. The van der Waals surface area contributed by atoms with Crippen LogP contribution < -0.4 is 19.1 Å². The highest BCUT2D eigenvalue weighted by Gasteiger charge is 2.45. The second kappa shape index (κ2) is 10.1. The van der Waals surface area contributed by atoms with Crippen molar-refractivity contribution in [2.45, 2.75) is 13.0 Å². The monoisotopic (exact) mass is 533 g/mol. The molecular weight excluding hydrogens is 510 g/mol. The van der Waals surface area contributed by atoms with Crippen LogP contribution in [-0.4, -0.2) is 37.6 Å². The van der Waals surface area contributed by atoms with E-state index in [4.69, 9.17) is 30.2 Å². The fraction of sp³-hybridized carbons (Fsp3) is 0.172. The number of aliphatic hydroxyl groups excluding tert-OH is 1. The lowest BCUT2D eigenvalue weighted by Crippen LogP contribution is -2.31. The first-order valence-electron chi connectivity index (χ1n) is 11.8. The summed E-state index contributed by atoms with van der Waals surface area (Å²) in [7, 11) is 3.06. The molecule has 0 bridgehead atoms. The van der Waals surface area contributed by atoms with Gasteiger partial charge in [0.15, 0.2) is 23.0 Å². The Hall–Kier alpha value is -4.43. The maximum Gasteiger partial charge on any atom is 0.294 e. The van der Waals surface area contributed by atoms with Crippen LogP contribution in [0.1, 0.15) is 29.1 Å². The number of carbonyl (C=O) groups excluding carboxylic acids is 2. The number of hydrogen-bond donors (Lipinski definition) is 1. The lowest BCUT2D eigenvalue weighted by Gasteiger charge is -2.27. The molecule has 0 fully saturated rings. The number of halogens is 1. The molecule has 1 atom stereocenters. The molecule has 0 spiro atoms. The number of ketones is 1. The molecule has 1 aliphatic heterocycles. The van der Waals surface area contributed by atoms with E-state index in [9.17, 15) is 14.7 Å². The summed E-state index contributed by atoms with van der Waals surface area (Å²) in [5.74, 6) is -0.527. The number of aliphatic hydroxyl groups is 1. The van der Waals surface area contributed by atoms with Crippen molar-refractivity contribution in [3.8, 4) is 17.2 Å². The van der Waals surface area contributed by atoms with Crippen LogP contribution in [0.4, 0.5) is 5.69 Å². The van der Waals surface area contributed by atoms with Crippen molar-refractivity contribution in [1.82, 2.24) is 0 Å². The first-order chi connectivity index (χ1) is 18.4. The zero-order valence-corrected chi connectivity index (χ0v) is 21.6. The summed E-state index contributed by atoms with van der Waals surface area (Å²) in [6, 6.07) is 17.4. The number of rotatable bonds is 8. The van der Waals surface area contributed by atoms with E-state index >= 15 is 0 Å². The molecule has 2 heterocycles. The lowest BCUT2D eigenvalue weighted by atomic mass is 9.94. The largest absolute Gasteiger partial charge is 0.503 e. The van der Waals surface area contributed by atoms with Crippen LogP contribution in [0.15, 0.2) is 82.5 Å². The quantitative estimate of drug-likeness (QED) is 0.266. The Bertz CT molecular complexity index is 1570. The van der Waals surface area contributed by atoms with Gasteiger partial charge in [-0.15, -0.1) is 0 Å². The van der Waals surface area contributed by atoms with Gasteiger partial charge in [-0.3, -0.25) is 14.5 Å². The van der Waals surface area contributed by atoms with E-state index in [2.05, 4.69) is 0 Å². The number of methoxy groups -OCH3 is 2. The van der Waals surface area contributed by atoms with E-state index in [0.717, 1.165) is 0 Å². The van der Waals surface area contributed by atoms with Crippen molar-refractivity contribution in [3.05, 3.63) is 94.4 Å². The van der Waals surface area contributed by atoms with Gasteiger partial charge in [0.25, 0.3) is 5.91 Å². The topological polar surface area (TPSA) is 98.4 Å². The molecule has 1 N–H and O–H groups in total. The molecule has 9 heteroatoms. The normalized spacial score (nSPS) is 15.3. The van der Waals surface area contributed by atoms with Gasteiger partial charge >= 0.3 is 0 Å². The van der Waals surface area contributed by atoms with Gasteiger partial charge in [0.2, 0.25) is 5.78 Å². The molecule has 5 rings (SSSR count). The van der Waals surface area contributed by atoms with Gasteiger partial charge in [0, 0.05) is 16.1 Å². The van der Waals surface area contributed by atoms with Crippen LogP contribution in [0.2, 0.25) is 5.02 Å². The average molecular weight is 534 g/mol. The van der Waals surface area contributed by atoms with Crippen molar-refractivity contribution >= 4 is 39.9 Å². The predicted octanol–water partition coefficient (Wildman–Crippen LogP) is 6.29. The molecule has 1 aliphatic rings. The molecular formula is C29H24ClNO7. The molecule has 1 aromatic heterocycles. The number of fused-ring (bicyclic) bond motifs is 1. The number of furan rings is 1. The number of ether oxygens (including phenoxy) is 3. The summed E-state index contributed by atoms with van der Waals surface area (Å²) in [6.45, 7) is 2.21. The Balaban J connectivity index is 1.66. The zero-order valence-electron chi connectivity index (χ0n) is 20.9. The summed E-state index contributed by atoms with van der Waals surface area (Å²) in [5, 5.41) is 12.2. The minimum Gasteiger partial charge on any atom is -0.503 e. The van der Waals surface area contributed by atoms with E-state index < -0.39 is 23.5 Å². The molecule has 38 heavy (non-hydrogen) atoms. The SMILES string of the molecule is CCOc1cc(C2C(C(=O)c3cc4cc(Cl)ccc4o3)=C(O)C(=O)N2c2ccc(OC)cc2)ccc1OC. The molecule has 0 radical (unpaired) electrons. The molecule has 0 saturated heterocycles. The Morgan fingerprint density at radius 3 is 2.45 bits per heavy atom. The van der Waals surface area contributed by atoms with Crippen LogP contribution in [-0.2, 0) is 4.79 Å². The third-order valence-corrected chi connectivity index (χ3v) is 6.54. The van der Waals surface area contributed by atoms with Gasteiger partial charge in [-0.2, -0.15) is 0 Å². The minimum atomic E-state index is -0.981. The Kier molecular flexibility index (Phi) is 6.73. The molecule has 4 aromatic rings. The van der Waals surface area contributed by atoms with Gasteiger partial charge < -0.3 is 23.7 Å². The van der Waals surface area contributed by atoms with E-state index in [1.54, 1.807) is 66.7 Å². The highest BCUT2D eigenvalue weighted by atomic mass is 35.5. The van der Waals surface area contributed by atoms with Gasteiger partial charge in [0.05, 0.1) is 32.4 Å². The smallest absolute Gasteiger partial charge is 0.294 e. The number of carbonyl (C=O) groups is 2. The molecule has 8 nitrogen and oxygen atoms in total. The number of anilines is 1. The highest BCUT2D eigenvalue weighted by Crippen LogP contribution is 2.44. The predicted molar refractivity (Wildman–Crippen MR) is 143 cm³/mol. The maximum atomic E-state index is 13.9. The number of benzene rings is 3. The third-order valence-electron chi connectivity index (χ3n) is 6.31. The molecule has 1 amide bonds. The molecule has 1 unspecified atom stereocenters. The summed E-state index contributed by atoms with van der Waals surface area (Å²) >= 11 is 6.10. The summed E-state index contributed by atoms with van der Waals surface area (Å²) in [4.78, 5) is 28.7. The molecule has 0 saturated carbocycles. The average Bonchev–Trinajstić information content (AvgIpc) is 3.46. The fourth-order valence-corrected chi connectivity index (χ4v) is 4.73. The van der Waals surface area contributed by atoms with Gasteiger partial charge in [0.1, 0.15) is 11.3 Å². The maximum absolute atomic E-state index is 13.9. The van der Waals surface area contributed by atoms with E-state index in [-0.39, 0.29) is 11.3 Å². The van der Waals surface area contributed by atoms with Gasteiger partial charge in [-0.05, 0) is 73.2 Å². The van der Waals surface area contributed by atoms with Gasteiger partial charge in [-0.25, -0.2) is 0 Å². The Labute approximate surface area is 223 Å². The highest BCUT2D eigenvalue weighted by molar-refractivity contribution is 6.31. The summed E-state index contributed by atoms with van der Waals surface area (Å²) < 4.78 is 22.2. The fourth-order valence-electron chi connectivity index (χ4n) is 4.55. The number of Topliss-reactive ketones (excluding diaryl/α,β-unsaturated/α-hetero) is 1. The van der Waals surface area contributed by atoms with Crippen molar-refractivity contribution in [2.24, 2.45) is 0 Å². The van der Waals surface area contributed by atoms with E-state index in [1.165, 1.54) is 19.1 Å². The van der Waals surface area contributed by atoms with Crippen LogP contribution >= 0.6 is 11.6 Å². The first-order valence-corrected chi connectivity index (χ1v) is 12.2. The Morgan fingerprint density at radius 1 is 1.00 bits per heavy atom. The number of hydrogen-bond acceptors (Lipinski definition) is 7. The molecule has 194 valence electrons. The molecule has 0 aliphatic carbocycles.